The number of nitrogens with zero attached hydrogens (tertiary/aromatic N) is 1. The molecule has 1 aliphatic heterocycles. The second-order valence-corrected chi connectivity index (χ2v) is 5.24. The van der Waals surface area contributed by atoms with Crippen LogP contribution >= 0.6 is 11.8 Å². The van der Waals surface area contributed by atoms with Crippen molar-refractivity contribution in [1.82, 2.24) is 10.2 Å². The molecule has 2 amide bonds. The lowest BCUT2D eigenvalue weighted by Crippen LogP contribution is -2.45. The number of rotatable bonds is 6. The lowest BCUT2D eigenvalue weighted by molar-refractivity contribution is -0.142. The Morgan fingerprint density at radius 1 is 1.44 bits per heavy atom. The summed E-state index contributed by atoms with van der Waals surface area (Å²) in [5.41, 5.74) is 0. The topological polar surface area (TPSA) is 78.9 Å². The molecule has 0 aromatic carbocycles. The van der Waals surface area contributed by atoms with Crippen LogP contribution in [0.4, 0.5) is 4.79 Å². The fourth-order valence-electron chi connectivity index (χ4n) is 1.80. The quantitative estimate of drug-likeness (QED) is 0.695. The first kappa shape index (κ1) is 15.1. The third kappa shape index (κ3) is 5.59. The van der Waals surface area contributed by atoms with Crippen molar-refractivity contribution in [3.8, 4) is 0 Å². The van der Waals surface area contributed by atoms with Gasteiger partial charge in [-0.05, 0) is 19.1 Å². The van der Waals surface area contributed by atoms with Gasteiger partial charge in [0, 0.05) is 24.9 Å². The summed E-state index contributed by atoms with van der Waals surface area (Å²) in [4.78, 5) is 23.7. The van der Waals surface area contributed by atoms with E-state index in [9.17, 15) is 9.59 Å². The summed E-state index contributed by atoms with van der Waals surface area (Å²) in [6.45, 7) is 1.81. The van der Waals surface area contributed by atoms with Gasteiger partial charge in [-0.2, -0.15) is 11.8 Å². The maximum Gasteiger partial charge on any atom is 0.329 e. The molecule has 0 aromatic rings. The molecule has 1 saturated heterocycles. The Kier molecular flexibility index (Phi) is 6.89. The minimum Gasteiger partial charge on any atom is -0.480 e. The highest BCUT2D eigenvalue weighted by atomic mass is 32.2. The van der Waals surface area contributed by atoms with Gasteiger partial charge in [0.05, 0.1) is 6.61 Å². The van der Waals surface area contributed by atoms with Crippen molar-refractivity contribution < 1.29 is 19.4 Å². The fourth-order valence-corrected chi connectivity index (χ4v) is 2.48. The second kappa shape index (κ2) is 8.20. The number of aliphatic carboxylic acids is 1. The molecule has 0 saturated carbocycles. The average Bonchev–Trinajstić information content (AvgIpc) is 2.38. The van der Waals surface area contributed by atoms with E-state index in [1.807, 2.05) is 11.8 Å². The minimum atomic E-state index is -1.000. The summed E-state index contributed by atoms with van der Waals surface area (Å²) >= 11 is 1.85. The van der Waals surface area contributed by atoms with E-state index in [0.29, 0.717) is 11.8 Å². The Hall–Kier alpha value is -0.950. The molecule has 7 heteroatoms. The number of hydrogen-bond donors (Lipinski definition) is 2. The zero-order chi connectivity index (χ0) is 13.4. The number of hydrogen-bond acceptors (Lipinski definition) is 4. The molecule has 0 atom stereocenters. The predicted octanol–water partition coefficient (Wildman–Crippen LogP) is 0.625. The SMILES string of the molecule is CSC1CCN(C(=O)NCCOCC(=O)O)CC1. The van der Waals surface area contributed by atoms with Crippen LogP contribution in [0.25, 0.3) is 0 Å². The third-order valence-electron chi connectivity index (χ3n) is 2.81. The van der Waals surface area contributed by atoms with E-state index in [2.05, 4.69) is 11.6 Å². The molecule has 0 aromatic heterocycles. The molecule has 0 radical (unpaired) electrons. The van der Waals surface area contributed by atoms with Crippen molar-refractivity contribution in [2.75, 3.05) is 39.1 Å². The molecule has 1 aliphatic rings. The molecule has 0 bridgehead atoms. The van der Waals surface area contributed by atoms with E-state index in [1.165, 1.54) is 0 Å². The smallest absolute Gasteiger partial charge is 0.329 e. The molecular weight excluding hydrogens is 256 g/mol. The molecular formula is C11H20N2O4S. The summed E-state index contributed by atoms with van der Waals surface area (Å²) in [6, 6.07) is -0.0894. The number of urea groups is 1. The van der Waals surface area contributed by atoms with Crippen LogP contribution in [0.3, 0.4) is 0 Å². The van der Waals surface area contributed by atoms with Crippen LogP contribution in [0, 0.1) is 0 Å². The summed E-state index contributed by atoms with van der Waals surface area (Å²) in [6.07, 6.45) is 4.16. The lowest BCUT2D eigenvalue weighted by Gasteiger charge is -2.31. The fraction of sp³-hybridized carbons (Fsp3) is 0.818. The van der Waals surface area contributed by atoms with Gasteiger partial charge >= 0.3 is 12.0 Å². The third-order valence-corrected chi connectivity index (χ3v) is 3.95. The number of piperidine rings is 1. The van der Waals surface area contributed by atoms with Gasteiger partial charge in [-0.15, -0.1) is 0 Å². The van der Waals surface area contributed by atoms with Crippen molar-refractivity contribution in [2.24, 2.45) is 0 Å². The summed E-state index contributed by atoms with van der Waals surface area (Å²) < 4.78 is 4.83. The number of carbonyl (C=O) groups is 2. The standard InChI is InChI=1S/C11H20N2O4S/c1-18-9-2-5-13(6-3-9)11(16)12-4-7-17-8-10(14)15/h9H,2-8H2,1H3,(H,12,16)(H,14,15). The van der Waals surface area contributed by atoms with Crippen LogP contribution in [0.2, 0.25) is 0 Å². The molecule has 1 fully saturated rings. The Bertz CT molecular complexity index is 280. The summed E-state index contributed by atoms with van der Waals surface area (Å²) in [5.74, 6) is -1.000. The van der Waals surface area contributed by atoms with E-state index >= 15 is 0 Å². The number of ether oxygens (including phenoxy) is 1. The second-order valence-electron chi connectivity index (χ2n) is 4.10. The molecule has 1 rings (SSSR count). The number of amides is 2. The van der Waals surface area contributed by atoms with Crippen molar-refractivity contribution in [3.05, 3.63) is 0 Å². The molecule has 2 N–H and O–H groups in total. The van der Waals surface area contributed by atoms with E-state index in [1.54, 1.807) is 4.90 Å². The Labute approximate surface area is 111 Å². The number of likely N-dealkylation sites (tertiary alicyclic amines) is 1. The van der Waals surface area contributed by atoms with E-state index in [-0.39, 0.29) is 19.2 Å². The van der Waals surface area contributed by atoms with E-state index in [0.717, 1.165) is 25.9 Å². The zero-order valence-electron chi connectivity index (χ0n) is 10.6. The van der Waals surface area contributed by atoms with Crippen molar-refractivity contribution in [1.29, 1.82) is 0 Å². The largest absolute Gasteiger partial charge is 0.480 e. The lowest BCUT2D eigenvalue weighted by atomic mass is 10.1. The van der Waals surface area contributed by atoms with Gasteiger partial charge in [-0.3, -0.25) is 0 Å². The molecule has 6 nitrogen and oxygen atoms in total. The van der Waals surface area contributed by atoms with Gasteiger partial charge in [-0.1, -0.05) is 0 Å². The number of carboxylic acids is 1. The normalized spacial score (nSPS) is 16.6. The van der Waals surface area contributed by atoms with Gasteiger partial charge in [0.15, 0.2) is 0 Å². The Balaban J connectivity index is 2.08. The first-order valence-corrected chi connectivity index (χ1v) is 7.27. The van der Waals surface area contributed by atoms with E-state index in [4.69, 9.17) is 9.84 Å². The van der Waals surface area contributed by atoms with Gasteiger partial charge in [0.1, 0.15) is 6.61 Å². The van der Waals surface area contributed by atoms with Crippen molar-refractivity contribution >= 4 is 23.8 Å². The van der Waals surface area contributed by atoms with Crippen LogP contribution in [-0.2, 0) is 9.53 Å². The molecule has 0 spiro atoms. The summed E-state index contributed by atoms with van der Waals surface area (Å²) in [5, 5.41) is 11.7. The minimum absolute atomic E-state index is 0.0894. The Morgan fingerprint density at radius 2 is 2.11 bits per heavy atom. The molecule has 18 heavy (non-hydrogen) atoms. The highest BCUT2D eigenvalue weighted by Crippen LogP contribution is 2.20. The number of nitrogens with one attached hydrogen (secondary N) is 1. The first-order valence-electron chi connectivity index (χ1n) is 5.98. The van der Waals surface area contributed by atoms with Crippen LogP contribution in [0.5, 0.6) is 0 Å². The highest BCUT2D eigenvalue weighted by Gasteiger charge is 2.21. The van der Waals surface area contributed by atoms with Crippen LogP contribution in [0.1, 0.15) is 12.8 Å². The van der Waals surface area contributed by atoms with Gasteiger partial charge < -0.3 is 20.1 Å². The zero-order valence-corrected chi connectivity index (χ0v) is 11.4. The van der Waals surface area contributed by atoms with E-state index < -0.39 is 5.97 Å². The Morgan fingerprint density at radius 3 is 2.67 bits per heavy atom. The van der Waals surface area contributed by atoms with Crippen LogP contribution in [0.15, 0.2) is 0 Å². The maximum absolute atomic E-state index is 11.7. The number of thioether (sulfide) groups is 1. The van der Waals surface area contributed by atoms with Gasteiger partial charge in [-0.25, -0.2) is 9.59 Å². The first-order chi connectivity index (χ1) is 8.63. The van der Waals surface area contributed by atoms with Gasteiger partial charge in [0.25, 0.3) is 0 Å². The van der Waals surface area contributed by atoms with Crippen LogP contribution in [-0.4, -0.2) is 66.4 Å². The number of carboxylic acid groups (broad SMARTS) is 1. The maximum atomic E-state index is 11.7. The van der Waals surface area contributed by atoms with Crippen molar-refractivity contribution in [3.63, 3.8) is 0 Å². The highest BCUT2D eigenvalue weighted by molar-refractivity contribution is 7.99. The summed E-state index contributed by atoms with van der Waals surface area (Å²) in [7, 11) is 0. The predicted molar refractivity (Wildman–Crippen MR) is 70.0 cm³/mol. The van der Waals surface area contributed by atoms with Gasteiger partial charge in [0.2, 0.25) is 0 Å². The van der Waals surface area contributed by atoms with Crippen LogP contribution < -0.4 is 5.32 Å². The monoisotopic (exact) mass is 276 g/mol. The average molecular weight is 276 g/mol. The molecule has 0 aliphatic carbocycles. The molecule has 1 heterocycles. The van der Waals surface area contributed by atoms with Crippen molar-refractivity contribution in [2.45, 2.75) is 18.1 Å². The molecule has 0 unspecified atom stereocenters. The molecule has 104 valence electrons. The number of carbonyl (C=O) groups excluding carboxylic acids is 1.